The summed E-state index contributed by atoms with van der Waals surface area (Å²) in [5.74, 6) is 0.508. The molecule has 1 aromatic carbocycles. The summed E-state index contributed by atoms with van der Waals surface area (Å²) in [5, 5.41) is 11.8. The molecule has 20 heavy (non-hydrogen) atoms. The number of oxazole rings is 1. The first kappa shape index (κ1) is 12.7. The fourth-order valence-corrected chi connectivity index (χ4v) is 2.25. The Balaban J connectivity index is 1.60. The van der Waals surface area contributed by atoms with Crippen molar-refractivity contribution in [2.24, 2.45) is 5.41 Å². The number of fused-ring (bicyclic) bond motifs is 1. The first-order chi connectivity index (χ1) is 9.63. The summed E-state index contributed by atoms with van der Waals surface area (Å²) in [6.07, 6.45) is 2.08. The van der Waals surface area contributed by atoms with E-state index in [4.69, 9.17) is 9.68 Å². The number of aromatic nitrogens is 1. The zero-order chi connectivity index (χ0) is 14.2. The fraction of sp³-hybridized carbons (Fsp3) is 0.400. The van der Waals surface area contributed by atoms with Crippen LogP contribution in [0.4, 0.5) is 0 Å². The average Bonchev–Trinajstić information content (AvgIpc) is 3.15. The van der Waals surface area contributed by atoms with Crippen molar-refractivity contribution in [3.05, 3.63) is 29.7 Å². The predicted molar refractivity (Wildman–Crippen MR) is 72.7 cm³/mol. The van der Waals surface area contributed by atoms with Crippen LogP contribution in [0, 0.1) is 23.7 Å². The Hall–Kier alpha value is -2.35. The molecule has 1 fully saturated rings. The Morgan fingerprint density at radius 1 is 1.55 bits per heavy atom. The lowest BCUT2D eigenvalue weighted by molar-refractivity contribution is -0.124. The molecule has 1 saturated carbocycles. The van der Waals surface area contributed by atoms with Crippen molar-refractivity contribution in [1.82, 2.24) is 10.3 Å². The lowest BCUT2D eigenvalue weighted by Crippen LogP contribution is -2.32. The van der Waals surface area contributed by atoms with E-state index in [1.807, 2.05) is 25.1 Å². The highest BCUT2D eigenvalue weighted by molar-refractivity contribution is 5.88. The highest BCUT2D eigenvalue weighted by Gasteiger charge is 2.50. The number of nitrogens with one attached hydrogen (secondary N) is 1. The topological polar surface area (TPSA) is 78.9 Å². The zero-order valence-electron chi connectivity index (χ0n) is 11.3. The molecule has 1 aliphatic rings. The highest BCUT2D eigenvalue weighted by atomic mass is 16.3. The third-order valence-corrected chi connectivity index (χ3v) is 3.66. The van der Waals surface area contributed by atoms with E-state index in [-0.39, 0.29) is 5.91 Å². The predicted octanol–water partition coefficient (Wildman–Crippen LogP) is 2.10. The molecule has 1 amide bonds. The van der Waals surface area contributed by atoms with Crippen molar-refractivity contribution in [2.75, 3.05) is 6.54 Å². The number of rotatable bonds is 4. The Morgan fingerprint density at radius 2 is 2.35 bits per heavy atom. The van der Waals surface area contributed by atoms with E-state index in [0.717, 1.165) is 23.1 Å². The SMILES string of the molecule is Cc1nc2cc(CCNC(=O)C3(C#N)CC3)ccc2o1. The molecule has 1 aromatic heterocycles. The minimum Gasteiger partial charge on any atom is -0.441 e. The van der Waals surface area contributed by atoms with E-state index < -0.39 is 5.41 Å². The molecule has 1 heterocycles. The van der Waals surface area contributed by atoms with Crippen LogP contribution < -0.4 is 5.32 Å². The standard InChI is InChI=1S/C15H15N3O2/c1-10-18-12-8-11(2-3-13(12)20-10)4-7-17-14(19)15(9-16)5-6-15/h2-3,8H,4-7H2,1H3,(H,17,19). The van der Waals surface area contributed by atoms with Gasteiger partial charge in [0, 0.05) is 13.5 Å². The van der Waals surface area contributed by atoms with Gasteiger partial charge in [0.1, 0.15) is 10.9 Å². The fourth-order valence-electron chi connectivity index (χ4n) is 2.25. The molecule has 0 saturated heterocycles. The van der Waals surface area contributed by atoms with Crippen molar-refractivity contribution >= 4 is 17.0 Å². The van der Waals surface area contributed by atoms with E-state index in [1.165, 1.54) is 0 Å². The Kier molecular flexibility index (Phi) is 2.94. The normalized spacial score (nSPS) is 15.8. The van der Waals surface area contributed by atoms with Crippen molar-refractivity contribution in [3.63, 3.8) is 0 Å². The molecule has 102 valence electrons. The summed E-state index contributed by atoms with van der Waals surface area (Å²) in [6.45, 7) is 2.35. The first-order valence-electron chi connectivity index (χ1n) is 6.69. The van der Waals surface area contributed by atoms with E-state index in [9.17, 15) is 4.79 Å². The molecule has 0 bridgehead atoms. The van der Waals surface area contributed by atoms with Gasteiger partial charge in [-0.05, 0) is 37.0 Å². The number of nitriles is 1. The third-order valence-electron chi connectivity index (χ3n) is 3.66. The highest BCUT2D eigenvalue weighted by Crippen LogP contribution is 2.44. The number of nitrogens with zero attached hydrogens (tertiary/aromatic N) is 2. The van der Waals surface area contributed by atoms with Crippen LogP contribution in [0.25, 0.3) is 11.1 Å². The average molecular weight is 269 g/mol. The molecule has 5 heteroatoms. The van der Waals surface area contributed by atoms with E-state index in [2.05, 4.69) is 16.4 Å². The second-order valence-corrected chi connectivity index (χ2v) is 5.23. The van der Waals surface area contributed by atoms with Crippen LogP contribution >= 0.6 is 0 Å². The van der Waals surface area contributed by atoms with Crippen LogP contribution in [0.5, 0.6) is 0 Å². The van der Waals surface area contributed by atoms with E-state index >= 15 is 0 Å². The Morgan fingerprint density at radius 3 is 3.05 bits per heavy atom. The summed E-state index contributed by atoms with van der Waals surface area (Å²) < 4.78 is 5.42. The largest absolute Gasteiger partial charge is 0.441 e. The molecule has 5 nitrogen and oxygen atoms in total. The van der Waals surface area contributed by atoms with Gasteiger partial charge in [0.2, 0.25) is 5.91 Å². The van der Waals surface area contributed by atoms with Crippen molar-refractivity contribution in [1.29, 1.82) is 5.26 Å². The van der Waals surface area contributed by atoms with Crippen LogP contribution in [0.2, 0.25) is 0 Å². The number of aryl methyl sites for hydroxylation is 1. The maximum absolute atomic E-state index is 11.8. The summed E-state index contributed by atoms with van der Waals surface area (Å²) >= 11 is 0. The monoisotopic (exact) mass is 269 g/mol. The zero-order valence-corrected chi connectivity index (χ0v) is 11.3. The van der Waals surface area contributed by atoms with Gasteiger partial charge >= 0.3 is 0 Å². The smallest absolute Gasteiger partial charge is 0.240 e. The number of hydrogen-bond donors (Lipinski definition) is 1. The lowest BCUT2D eigenvalue weighted by Gasteiger charge is -2.07. The Labute approximate surface area is 116 Å². The molecule has 0 radical (unpaired) electrons. The van der Waals surface area contributed by atoms with Crippen molar-refractivity contribution < 1.29 is 9.21 Å². The number of amides is 1. The van der Waals surface area contributed by atoms with Crippen LogP contribution in [-0.2, 0) is 11.2 Å². The maximum atomic E-state index is 11.8. The minimum absolute atomic E-state index is 0.140. The van der Waals surface area contributed by atoms with E-state index in [1.54, 1.807) is 0 Å². The van der Waals surface area contributed by atoms with Gasteiger partial charge in [0.15, 0.2) is 11.5 Å². The van der Waals surface area contributed by atoms with Crippen LogP contribution in [-0.4, -0.2) is 17.4 Å². The number of carbonyl (C=O) groups is 1. The molecule has 0 atom stereocenters. The quantitative estimate of drug-likeness (QED) is 0.921. The summed E-state index contributed by atoms with van der Waals surface area (Å²) in [6, 6.07) is 7.92. The molecule has 0 aliphatic heterocycles. The molecule has 1 N–H and O–H groups in total. The molecule has 1 aliphatic carbocycles. The van der Waals surface area contributed by atoms with Gasteiger partial charge in [-0.2, -0.15) is 5.26 Å². The summed E-state index contributed by atoms with van der Waals surface area (Å²) in [5.41, 5.74) is 1.96. The summed E-state index contributed by atoms with van der Waals surface area (Å²) in [4.78, 5) is 16.1. The van der Waals surface area contributed by atoms with E-state index in [0.29, 0.717) is 25.3 Å². The van der Waals surface area contributed by atoms with Gasteiger partial charge in [-0.3, -0.25) is 4.79 Å². The van der Waals surface area contributed by atoms with Gasteiger partial charge in [0.05, 0.1) is 6.07 Å². The number of benzene rings is 1. The maximum Gasteiger partial charge on any atom is 0.240 e. The van der Waals surface area contributed by atoms with Gasteiger partial charge in [0.25, 0.3) is 0 Å². The molecule has 0 unspecified atom stereocenters. The summed E-state index contributed by atoms with van der Waals surface area (Å²) in [7, 11) is 0. The van der Waals surface area contributed by atoms with Crippen molar-refractivity contribution in [3.8, 4) is 6.07 Å². The minimum atomic E-state index is -0.743. The van der Waals surface area contributed by atoms with Gasteiger partial charge < -0.3 is 9.73 Å². The van der Waals surface area contributed by atoms with Crippen LogP contribution in [0.3, 0.4) is 0 Å². The van der Waals surface area contributed by atoms with Crippen LogP contribution in [0.1, 0.15) is 24.3 Å². The molecular weight excluding hydrogens is 254 g/mol. The molecule has 3 rings (SSSR count). The molecule has 0 spiro atoms. The number of hydrogen-bond acceptors (Lipinski definition) is 4. The Bertz CT molecular complexity index is 707. The molecular formula is C15H15N3O2. The first-order valence-corrected chi connectivity index (χ1v) is 6.69. The second-order valence-electron chi connectivity index (χ2n) is 5.23. The van der Waals surface area contributed by atoms with Gasteiger partial charge in [-0.15, -0.1) is 0 Å². The van der Waals surface area contributed by atoms with Crippen molar-refractivity contribution in [2.45, 2.75) is 26.2 Å². The lowest BCUT2D eigenvalue weighted by atomic mass is 10.1. The third kappa shape index (κ3) is 2.25. The second kappa shape index (κ2) is 4.64. The van der Waals surface area contributed by atoms with Gasteiger partial charge in [-0.1, -0.05) is 6.07 Å². The molecule has 2 aromatic rings. The van der Waals surface area contributed by atoms with Crippen LogP contribution in [0.15, 0.2) is 22.6 Å². The number of carbonyl (C=O) groups excluding carboxylic acids is 1. The van der Waals surface area contributed by atoms with Gasteiger partial charge in [-0.25, -0.2) is 4.98 Å².